The largest absolute Gasteiger partial charge is 0.478 e. The Morgan fingerprint density at radius 3 is 2.82 bits per heavy atom. The van der Waals surface area contributed by atoms with Gasteiger partial charge in [-0.3, -0.25) is 10.3 Å². The van der Waals surface area contributed by atoms with E-state index in [4.69, 9.17) is 26.3 Å². The number of benzene rings is 1. The van der Waals surface area contributed by atoms with Crippen LogP contribution in [-0.2, 0) is 19.3 Å². The van der Waals surface area contributed by atoms with Gasteiger partial charge in [0.15, 0.2) is 0 Å². The van der Waals surface area contributed by atoms with Gasteiger partial charge in [0, 0.05) is 39.6 Å². The monoisotopic (exact) mass is 464 g/mol. The minimum atomic E-state index is 0.303. The van der Waals surface area contributed by atoms with E-state index in [1.54, 1.807) is 0 Å². The summed E-state index contributed by atoms with van der Waals surface area (Å²) in [6.45, 7) is 3.62. The second-order valence-corrected chi connectivity index (χ2v) is 9.61. The first-order valence-corrected chi connectivity index (χ1v) is 12.8. The molecule has 0 aliphatic heterocycles. The fraction of sp³-hybridized carbons (Fsp3) is 0.481. The Bertz CT molecular complexity index is 1130. The molecule has 2 heterocycles. The van der Waals surface area contributed by atoms with Crippen LogP contribution in [-0.4, -0.2) is 23.2 Å². The van der Waals surface area contributed by atoms with Gasteiger partial charge in [0.25, 0.3) is 0 Å². The van der Waals surface area contributed by atoms with Gasteiger partial charge in [-0.1, -0.05) is 31.0 Å². The summed E-state index contributed by atoms with van der Waals surface area (Å²) in [6.07, 6.45) is 10.0. The van der Waals surface area contributed by atoms with Crippen LogP contribution in [0.25, 0.3) is 10.9 Å². The van der Waals surface area contributed by atoms with Crippen LogP contribution in [0.4, 0.5) is 5.69 Å². The molecule has 2 aliphatic carbocycles. The first kappa shape index (κ1) is 22.4. The average molecular weight is 465 g/mol. The molecule has 1 aromatic carbocycles. The first-order chi connectivity index (χ1) is 16.2. The molecule has 0 saturated heterocycles. The Morgan fingerprint density at radius 2 is 1.91 bits per heavy atom. The zero-order valence-corrected chi connectivity index (χ0v) is 20.2. The normalized spacial score (nSPS) is 17.5. The highest BCUT2D eigenvalue weighted by Crippen LogP contribution is 2.35. The smallest absolute Gasteiger partial charge is 0.213 e. The zero-order valence-electron chi connectivity index (χ0n) is 19.4. The van der Waals surface area contributed by atoms with Crippen molar-refractivity contribution in [2.24, 2.45) is 0 Å². The highest BCUT2D eigenvalue weighted by Gasteiger charge is 2.22. The molecule has 5 rings (SSSR count). The second kappa shape index (κ2) is 10.3. The summed E-state index contributed by atoms with van der Waals surface area (Å²) in [6, 6.07) is 10.6. The van der Waals surface area contributed by atoms with Gasteiger partial charge < -0.3 is 10.1 Å². The van der Waals surface area contributed by atoms with Crippen molar-refractivity contribution in [3.05, 3.63) is 57.9 Å². The predicted octanol–water partition coefficient (Wildman–Crippen LogP) is 6.38. The van der Waals surface area contributed by atoms with Crippen LogP contribution < -0.4 is 15.4 Å². The van der Waals surface area contributed by atoms with E-state index in [0.29, 0.717) is 12.7 Å². The minimum Gasteiger partial charge on any atom is -0.478 e. The number of nitrogens with one attached hydrogen (secondary N) is 2. The maximum absolute atomic E-state index is 6.27. The lowest BCUT2D eigenvalue weighted by Gasteiger charge is -2.27. The van der Waals surface area contributed by atoms with E-state index in [1.807, 2.05) is 18.2 Å². The number of hydrogen-bond acceptors (Lipinski definition) is 5. The summed E-state index contributed by atoms with van der Waals surface area (Å²) in [5.41, 5.74) is 7.27. The summed E-state index contributed by atoms with van der Waals surface area (Å²) in [5.74, 6) is 0.759. The van der Waals surface area contributed by atoms with Crippen molar-refractivity contribution in [3.8, 4) is 5.88 Å². The zero-order chi connectivity index (χ0) is 22.6. The Morgan fingerprint density at radius 1 is 1.03 bits per heavy atom. The van der Waals surface area contributed by atoms with Gasteiger partial charge in [-0.15, -0.1) is 0 Å². The molecule has 0 fully saturated rings. The lowest BCUT2D eigenvalue weighted by molar-refractivity contribution is 0.295. The quantitative estimate of drug-likeness (QED) is 0.299. The molecule has 174 valence electrons. The van der Waals surface area contributed by atoms with Crippen molar-refractivity contribution in [1.82, 2.24) is 15.3 Å². The fourth-order valence-electron chi connectivity index (χ4n) is 5.12. The highest BCUT2D eigenvalue weighted by molar-refractivity contribution is 6.31. The number of unbranched alkanes of at least 4 members (excludes halogenated alkanes) is 1. The van der Waals surface area contributed by atoms with Crippen LogP contribution >= 0.6 is 11.6 Å². The molecule has 6 heteroatoms. The third-order valence-corrected chi connectivity index (χ3v) is 7.09. The Hall–Kier alpha value is -2.37. The maximum atomic E-state index is 6.27. The lowest BCUT2D eigenvalue weighted by atomic mass is 9.91. The highest BCUT2D eigenvalue weighted by atomic mass is 35.5. The standard InChI is InChI=1S/C27H33ClN4O/c1-2-3-15-33-26-14-13-19-22(9-6-10-23(19)32-26)29-17-30-27-20-7-4-5-8-24(20)31-25-16-18(28)11-12-21(25)27/h11-14,16,22,29H,2-10,15,17H2,1H3,(H,30,31)/t22-/m1/s1. The molecule has 0 radical (unpaired) electrons. The summed E-state index contributed by atoms with van der Waals surface area (Å²) in [5, 5.41) is 9.35. The van der Waals surface area contributed by atoms with Crippen LogP contribution in [0.3, 0.4) is 0 Å². The van der Waals surface area contributed by atoms with E-state index in [-0.39, 0.29) is 0 Å². The molecular formula is C27H33ClN4O. The predicted molar refractivity (Wildman–Crippen MR) is 135 cm³/mol. The van der Waals surface area contributed by atoms with E-state index in [1.165, 1.54) is 41.0 Å². The number of fused-ring (bicyclic) bond motifs is 3. The summed E-state index contributed by atoms with van der Waals surface area (Å²) in [4.78, 5) is 9.74. The molecule has 2 aliphatic rings. The topological polar surface area (TPSA) is 59.1 Å². The lowest BCUT2D eigenvalue weighted by Crippen LogP contribution is -2.30. The van der Waals surface area contributed by atoms with Crippen LogP contribution in [0.5, 0.6) is 5.88 Å². The molecule has 0 saturated carbocycles. The fourth-order valence-corrected chi connectivity index (χ4v) is 5.28. The number of halogens is 1. The minimum absolute atomic E-state index is 0.303. The van der Waals surface area contributed by atoms with Crippen LogP contribution in [0, 0.1) is 0 Å². The number of nitrogens with zero attached hydrogens (tertiary/aromatic N) is 2. The van der Waals surface area contributed by atoms with Gasteiger partial charge in [0.2, 0.25) is 5.88 Å². The van der Waals surface area contributed by atoms with Gasteiger partial charge in [0.05, 0.1) is 18.8 Å². The molecule has 1 atom stereocenters. The van der Waals surface area contributed by atoms with Crippen LogP contribution in [0.15, 0.2) is 30.3 Å². The SMILES string of the molecule is CCCCOc1ccc2c(n1)CCC[C@H]2NCNc1c2c(nc3cc(Cl)ccc13)CCCC2. The van der Waals surface area contributed by atoms with Crippen molar-refractivity contribution in [2.75, 3.05) is 18.6 Å². The number of hydrogen-bond donors (Lipinski definition) is 2. The Balaban J connectivity index is 1.32. The van der Waals surface area contributed by atoms with Gasteiger partial charge in [-0.05, 0) is 80.7 Å². The number of aryl methyl sites for hydroxylation is 2. The van der Waals surface area contributed by atoms with E-state index in [9.17, 15) is 0 Å². The number of aromatic nitrogens is 2. The molecule has 2 aromatic heterocycles. The Kier molecular flexibility index (Phi) is 6.98. The summed E-state index contributed by atoms with van der Waals surface area (Å²) in [7, 11) is 0. The Labute approximate surface area is 201 Å². The van der Waals surface area contributed by atoms with Gasteiger partial charge in [-0.2, -0.15) is 0 Å². The second-order valence-electron chi connectivity index (χ2n) is 9.17. The van der Waals surface area contributed by atoms with Crippen molar-refractivity contribution in [3.63, 3.8) is 0 Å². The van der Waals surface area contributed by atoms with E-state index < -0.39 is 0 Å². The van der Waals surface area contributed by atoms with Crippen LogP contribution in [0.1, 0.15) is 74.0 Å². The van der Waals surface area contributed by atoms with Crippen molar-refractivity contribution in [2.45, 2.75) is 70.8 Å². The van der Waals surface area contributed by atoms with Gasteiger partial charge in [0.1, 0.15) is 0 Å². The van der Waals surface area contributed by atoms with Gasteiger partial charge >= 0.3 is 0 Å². The maximum Gasteiger partial charge on any atom is 0.213 e. The molecule has 5 nitrogen and oxygen atoms in total. The molecule has 0 unspecified atom stereocenters. The molecule has 0 spiro atoms. The van der Waals surface area contributed by atoms with E-state index in [0.717, 1.165) is 73.4 Å². The van der Waals surface area contributed by atoms with Crippen molar-refractivity contribution in [1.29, 1.82) is 0 Å². The summed E-state index contributed by atoms with van der Waals surface area (Å²) >= 11 is 6.27. The third kappa shape index (κ3) is 4.95. The molecular weight excluding hydrogens is 432 g/mol. The molecule has 0 amide bonds. The van der Waals surface area contributed by atoms with E-state index >= 15 is 0 Å². The van der Waals surface area contributed by atoms with E-state index in [2.05, 4.69) is 29.7 Å². The number of rotatable bonds is 8. The van der Waals surface area contributed by atoms with Crippen molar-refractivity contribution >= 4 is 28.2 Å². The molecule has 0 bridgehead atoms. The van der Waals surface area contributed by atoms with Crippen molar-refractivity contribution < 1.29 is 4.74 Å². The number of pyridine rings is 2. The molecule has 3 aromatic rings. The van der Waals surface area contributed by atoms with Gasteiger partial charge in [-0.25, -0.2) is 4.98 Å². The average Bonchev–Trinajstić information content (AvgIpc) is 2.83. The third-order valence-electron chi connectivity index (χ3n) is 6.85. The first-order valence-electron chi connectivity index (χ1n) is 12.4. The molecule has 33 heavy (non-hydrogen) atoms. The number of anilines is 1. The summed E-state index contributed by atoms with van der Waals surface area (Å²) < 4.78 is 5.83. The molecule has 2 N–H and O–H groups in total. The van der Waals surface area contributed by atoms with Crippen LogP contribution in [0.2, 0.25) is 5.02 Å². The number of ether oxygens (including phenoxy) is 1.